The van der Waals surface area contributed by atoms with Crippen LogP contribution >= 0.6 is 23.1 Å². The van der Waals surface area contributed by atoms with Crippen LogP contribution in [0.15, 0.2) is 28.7 Å². The summed E-state index contributed by atoms with van der Waals surface area (Å²) in [4.78, 5) is 24.6. The lowest BCUT2D eigenvalue weighted by atomic mass is 10.2. The van der Waals surface area contributed by atoms with E-state index < -0.39 is 0 Å². The molecule has 6 heteroatoms. The maximum Gasteiger partial charge on any atom is 0.233 e. The summed E-state index contributed by atoms with van der Waals surface area (Å²) in [7, 11) is 0. The molecule has 1 amide bonds. The largest absolute Gasteiger partial charge is 0.334 e. The van der Waals surface area contributed by atoms with Crippen LogP contribution in [0.3, 0.4) is 0 Å². The molecule has 3 rings (SSSR count). The van der Waals surface area contributed by atoms with Crippen LogP contribution in [0.2, 0.25) is 0 Å². The normalized spacial score (nSPS) is 17.9. The van der Waals surface area contributed by atoms with E-state index in [0.717, 1.165) is 30.8 Å². The molecule has 0 N–H and O–H groups in total. The molecule has 1 fully saturated rings. The maximum absolute atomic E-state index is 12.5. The smallest absolute Gasteiger partial charge is 0.233 e. The van der Waals surface area contributed by atoms with E-state index in [-0.39, 0.29) is 11.9 Å². The van der Waals surface area contributed by atoms with Gasteiger partial charge in [-0.25, -0.2) is 9.97 Å². The monoisotopic (exact) mass is 333 g/mol. The highest BCUT2D eigenvalue weighted by Gasteiger charge is 2.30. The quantitative estimate of drug-likeness (QED) is 0.633. The Morgan fingerprint density at radius 2 is 2.18 bits per heavy atom. The summed E-state index contributed by atoms with van der Waals surface area (Å²) in [6.45, 7) is 4.76. The van der Waals surface area contributed by atoms with Gasteiger partial charge in [-0.2, -0.15) is 0 Å². The summed E-state index contributed by atoms with van der Waals surface area (Å²) in [5.74, 6) is 0.591. The van der Waals surface area contributed by atoms with Gasteiger partial charge in [-0.1, -0.05) is 17.8 Å². The Morgan fingerprint density at radius 3 is 2.86 bits per heavy atom. The molecule has 0 aliphatic carbocycles. The van der Waals surface area contributed by atoms with Crippen LogP contribution < -0.4 is 0 Å². The van der Waals surface area contributed by atoms with Crippen molar-refractivity contribution in [2.24, 2.45) is 0 Å². The minimum absolute atomic E-state index is 0.184. The molecule has 0 saturated carbocycles. The van der Waals surface area contributed by atoms with Crippen molar-refractivity contribution in [2.75, 3.05) is 12.3 Å². The van der Waals surface area contributed by atoms with E-state index in [1.807, 2.05) is 24.8 Å². The van der Waals surface area contributed by atoms with Gasteiger partial charge in [0.25, 0.3) is 0 Å². The molecular weight excluding hydrogens is 314 g/mol. The predicted octanol–water partition coefficient (Wildman–Crippen LogP) is 3.61. The summed E-state index contributed by atoms with van der Waals surface area (Å²) >= 11 is 3.17. The molecule has 2 aromatic rings. The van der Waals surface area contributed by atoms with Crippen molar-refractivity contribution in [3.63, 3.8) is 0 Å². The summed E-state index contributed by atoms with van der Waals surface area (Å²) < 4.78 is 0. The van der Waals surface area contributed by atoms with Crippen molar-refractivity contribution in [3.8, 4) is 0 Å². The van der Waals surface area contributed by atoms with E-state index in [1.54, 1.807) is 11.3 Å². The lowest BCUT2D eigenvalue weighted by Crippen LogP contribution is -2.31. The van der Waals surface area contributed by atoms with Crippen LogP contribution in [-0.2, 0) is 4.79 Å². The number of rotatable bonds is 4. The van der Waals surface area contributed by atoms with Gasteiger partial charge in [-0.05, 0) is 44.2 Å². The molecule has 1 saturated heterocycles. The number of hydrogen-bond donors (Lipinski definition) is 0. The van der Waals surface area contributed by atoms with Crippen LogP contribution in [0.25, 0.3) is 0 Å². The average Bonchev–Trinajstić information content (AvgIpc) is 3.13. The van der Waals surface area contributed by atoms with Crippen LogP contribution in [-0.4, -0.2) is 33.1 Å². The zero-order valence-electron chi connectivity index (χ0n) is 12.8. The van der Waals surface area contributed by atoms with E-state index in [1.165, 1.54) is 16.6 Å². The molecule has 0 spiro atoms. The van der Waals surface area contributed by atoms with Gasteiger partial charge in [-0.15, -0.1) is 11.3 Å². The third-order valence-corrected chi connectivity index (χ3v) is 5.54. The molecule has 1 aliphatic rings. The van der Waals surface area contributed by atoms with Crippen molar-refractivity contribution in [2.45, 2.75) is 37.9 Å². The zero-order valence-corrected chi connectivity index (χ0v) is 14.4. The van der Waals surface area contributed by atoms with Gasteiger partial charge in [0.1, 0.15) is 0 Å². The fraction of sp³-hybridized carbons (Fsp3) is 0.438. The molecular formula is C16H19N3OS2. The Balaban J connectivity index is 1.64. The number of carbonyl (C=O) groups is 1. The van der Waals surface area contributed by atoms with Gasteiger partial charge in [0.05, 0.1) is 11.8 Å². The van der Waals surface area contributed by atoms with Gasteiger partial charge in [0, 0.05) is 22.8 Å². The first-order valence-electron chi connectivity index (χ1n) is 7.41. The highest BCUT2D eigenvalue weighted by molar-refractivity contribution is 7.99. The molecule has 0 aromatic carbocycles. The van der Waals surface area contributed by atoms with Gasteiger partial charge in [0.15, 0.2) is 5.16 Å². The van der Waals surface area contributed by atoms with Crippen molar-refractivity contribution in [1.29, 1.82) is 0 Å². The average molecular weight is 333 g/mol. The number of amides is 1. The molecule has 2 aromatic heterocycles. The molecule has 0 unspecified atom stereocenters. The van der Waals surface area contributed by atoms with Crippen molar-refractivity contribution < 1.29 is 4.79 Å². The topological polar surface area (TPSA) is 46.1 Å². The van der Waals surface area contributed by atoms with Gasteiger partial charge < -0.3 is 4.90 Å². The van der Waals surface area contributed by atoms with Crippen LogP contribution in [0, 0.1) is 13.8 Å². The van der Waals surface area contributed by atoms with Crippen LogP contribution in [0.5, 0.6) is 0 Å². The first-order valence-corrected chi connectivity index (χ1v) is 9.28. The number of thiophene rings is 1. The van der Waals surface area contributed by atoms with E-state index in [2.05, 4.69) is 27.5 Å². The van der Waals surface area contributed by atoms with E-state index in [0.29, 0.717) is 10.9 Å². The Hall–Kier alpha value is -1.40. The summed E-state index contributed by atoms with van der Waals surface area (Å²) in [6, 6.07) is 6.38. The number of hydrogen-bond acceptors (Lipinski definition) is 5. The summed E-state index contributed by atoms with van der Waals surface area (Å²) in [5, 5.41) is 2.77. The van der Waals surface area contributed by atoms with Gasteiger partial charge in [-0.3, -0.25) is 4.79 Å². The highest BCUT2D eigenvalue weighted by Crippen LogP contribution is 2.35. The van der Waals surface area contributed by atoms with Gasteiger partial charge in [0.2, 0.25) is 5.91 Å². The SMILES string of the molecule is Cc1cc(C)nc(SCC(=O)N2CCC[C@H]2c2cccs2)n1. The van der Waals surface area contributed by atoms with Crippen molar-refractivity contribution in [1.82, 2.24) is 14.9 Å². The fourth-order valence-corrected chi connectivity index (χ4v) is 4.52. The number of nitrogens with zero attached hydrogens (tertiary/aromatic N) is 3. The van der Waals surface area contributed by atoms with Crippen molar-refractivity contribution >= 4 is 29.0 Å². The Labute approximate surface area is 139 Å². The standard InChI is InChI=1S/C16H19N3OS2/c1-11-9-12(2)18-16(17-11)22-10-15(20)19-7-3-5-13(19)14-6-4-8-21-14/h4,6,8-9,13H,3,5,7,10H2,1-2H3/t13-/m0/s1. The Bertz CT molecular complexity index is 637. The minimum atomic E-state index is 0.184. The van der Waals surface area contributed by atoms with Crippen LogP contribution in [0.1, 0.15) is 35.1 Å². The van der Waals surface area contributed by atoms with Crippen LogP contribution in [0.4, 0.5) is 0 Å². The number of carbonyl (C=O) groups excluding carboxylic acids is 1. The minimum Gasteiger partial charge on any atom is -0.334 e. The number of aryl methyl sites for hydroxylation is 2. The molecule has 4 nitrogen and oxygen atoms in total. The first-order chi connectivity index (χ1) is 10.6. The third-order valence-electron chi connectivity index (χ3n) is 3.73. The lowest BCUT2D eigenvalue weighted by molar-refractivity contribution is -0.129. The predicted molar refractivity (Wildman–Crippen MR) is 90.2 cm³/mol. The fourth-order valence-electron chi connectivity index (χ4n) is 2.81. The zero-order chi connectivity index (χ0) is 15.5. The third kappa shape index (κ3) is 3.50. The molecule has 1 atom stereocenters. The Morgan fingerprint density at radius 1 is 1.41 bits per heavy atom. The molecule has 1 aliphatic heterocycles. The number of likely N-dealkylation sites (tertiary alicyclic amines) is 1. The molecule has 0 radical (unpaired) electrons. The number of aromatic nitrogens is 2. The lowest BCUT2D eigenvalue weighted by Gasteiger charge is -2.23. The maximum atomic E-state index is 12.5. The van der Waals surface area contributed by atoms with Gasteiger partial charge >= 0.3 is 0 Å². The molecule has 22 heavy (non-hydrogen) atoms. The molecule has 116 valence electrons. The summed E-state index contributed by atoms with van der Waals surface area (Å²) in [5.41, 5.74) is 1.89. The van der Waals surface area contributed by atoms with Crippen molar-refractivity contribution in [3.05, 3.63) is 39.8 Å². The second-order valence-corrected chi connectivity index (χ2v) is 7.40. The second-order valence-electron chi connectivity index (χ2n) is 5.48. The van der Waals surface area contributed by atoms with E-state index in [9.17, 15) is 4.79 Å². The summed E-state index contributed by atoms with van der Waals surface area (Å²) in [6.07, 6.45) is 2.15. The van der Waals surface area contributed by atoms with E-state index >= 15 is 0 Å². The second kappa shape index (κ2) is 6.79. The Kier molecular flexibility index (Phi) is 4.78. The first kappa shape index (κ1) is 15.5. The molecule has 3 heterocycles. The van der Waals surface area contributed by atoms with E-state index in [4.69, 9.17) is 0 Å². The number of thioether (sulfide) groups is 1. The molecule has 0 bridgehead atoms. The highest BCUT2D eigenvalue weighted by atomic mass is 32.2.